The number of halogens is 1. The number of imidazole rings is 1. The smallest absolute Gasteiger partial charge is 0.173 e. The molecule has 1 aliphatic heterocycles. The van der Waals surface area contributed by atoms with Crippen LogP contribution >= 0.6 is 0 Å². The molecule has 0 unspecified atom stereocenters. The van der Waals surface area contributed by atoms with Crippen LogP contribution in [0.25, 0.3) is 21.6 Å². The minimum atomic E-state index is -1.67. The molecular formula is C10H10FN7O2. The fraction of sp³-hybridized carbons (Fsp3) is 0.500. The second-order valence-corrected chi connectivity index (χ2v) is 4.30. The van der Waals surface area contributed by atoms with Gasteiger partial charge in [0.1, 0.15) is 17.9 Å². The zero-order valence-corrected chi connectivity index (χ0v) is 10.1. The highest BCUT2D eigenvalue weighted by atomic mass is 19.1. The highest BCUT2D eigenvalue weighted by Gasteiger charge is 2.45. The van der Waals surface area contributed by atoms with E-state index in [1.54, 1.807) is 0 Å². The van der Waals surface area contributed by atoms with E-state index in [0.29, 0.717) is 11.2 Å². The number of azide groups is 1. The van der Waals surface area contributed by atoms with Crippen LogP contribution in [0.5, 0.6) is 0 Å². The number of hydrogen-bond donors (Lipinski definition) is 1. The summed E-state index contributed by atoms with van der Waals surface area (Å²) in [6, 6.07) is 0. The molecule has 3 rings (SSSR count). The molecule has 0 amide bonds. The average Bonchev–Trinajstić information content (AvgIpc) is 3.00. The first-order valence-corrected chi connectivity index (χ1v) is 5.83. The van der Waals surface area contributed by atoms with Gasteiger partial charge in [0.2, 0.25) is 0 Å². The molecule has 1 fully saturated rings. The molecule has 1 N–H and O–H groups in total. The summed E-state index contributed by atoms with van der Waals surface area (Å²) in [5, 5.41) is 13.1. The monoisotopic (exact) mass is 279 g/mol. The number of alkyl halides is 1. The van der Waals surface area contributed by atoms with Gasteiger partial charge >= 0.3 is 0 Å². The summed E-state index contributed by atoms with van der Waals surface area (Å²) in [5.41, 5.74) is 9.17. The summed E-state index contributed by atoms with van der Waals surface area (Å²) in [6.07, 6.45) is -0.815. The van der Waals surface area contributed by atoms with E-state index in [2.05, 4.69) is 25.0 Å². The van der Waals surface area contributed by atoms with Crippen molar-refractivity contribution < 1.29 is 14.2 Å². The van der Waals surface area contributed by atoms with Crippen molar-refractivity contribution in [2.75, 3.05) is 6.54 Å². The van der Waals surface area contributed by atoms with Crippen LogP contribution in [0, 0.1) is 0 Å². The fourth-order valence-electron chi connectivity index (χ4n) is 2.17. The molecular weight excluding hydrogens is 269 g/mol. The van der Waals surface area contributed by atoms with Gasteiger partial charge in [-0.05, 0) is 5.53 Å². The first-order chi connectivity index (χ1) is 9.72. The summed E-state index contributed by atoms with van der Waals surface area (Å²) in [5.74, 6) is 0. The van der Waals surface area contributed by atoms with E-state index in [4.69, 9.17) is 10.3 Å². The molecule has 2 aromatic rings. The fourth-order valence-corrected chi connectivity index (χ4v) is 2.17. The van der Waals surface area contributed by atoms with Gasteiger partial charge in [0, 0.05) is 4.91 Å². The third-order valence-electron chi connectivity index (χ3n) is 3.13. The molecule has 4 atom stereocenters. The molecule has 0 radical (unpaired) electrons. The van der Waals surface area contributed by atoms with Gasteiger partial charge in [-0.2, -0.15) is 0 Å². The number of rotatable bonds is 3. The van der Waals surface area contributed by atoms with Gasteiger partial charge in [-0.25, -0.2) is 19.3 Å². The number of aliphatic hydroxyl groups is 1. The number of fused-ring (bicyclic) bond motifs is 1. The van der Waals surface area contributed by atoms with Gasteiger partial charge < -0.3 is 9.84 Å². The van der Waals surface area contributed by atoms with E-state index >= 15 is 0 Å². The molecule has 3 heterocycles. The third-order valence-corrected chi connectivity index (χ3v) is 3.13. The molecule has 104 valence electrons. The Bertz CT molecular complexity index is 670. The number of aliphatic hydroxyl groups excluding tert-OH is 1. The van der Waals surface area contributed by atoms with Crippen LogP contribution in [-0.4, -0.2) is 49.5 Å². The third kappa shape index (κ3) is 1.95. The lowest BCUT2D eigenvalue weighted by Crippen LogP contribution is -2.30. The Hall–Kier alpha value is -2.29. The van der Waals surface area contributed by atoms with Crippen LogP contribution in [-0.2, 0) is 4.74 Å². The van der Waals surface area contributed by atoms with Gasteiger partial charge in [0.05, 0.1) is 25.2 Å². The molecule has 0 aromatic carbocycles. The Kier molecular flexibility index (Phi) is 3.18. The lowest BCUT2D eigenvalue weighted by Gasteiger charge is -2.14. The van der Waals surface area contributed by atoms with Crippen LogP contribution in [0.4, 0.5) is 4.39 Å². The highest BCUT2D eigenvalue weighted by molar-refractivity contribution is 5.68. The Morgan fingerprint density at radius 1 is 1.55 bits per heavy atom. The van der Waals surface area contributed by atoms with Crippen molar-refractivity contribution in [3.05, 3.63) is 29.3 Å². The SMILES string of the molecule is [N-]=[N+]=NC[C@H]1O[C@@H](n2cnc3cncnc32)[C@H](F)[C@@H]1O. The minimum Gasteiger partial charge on any atom is -0.387 e. The van der Waals surface area contributed by atoms with Gasteiger partial charge in [-0.3, -0.25) is 4.57 Å². The zero-order valence-electron chi connectivity index (χ0n) is 10.1. The van der Waals surface area contributed by atoms with Gasteiger partial charge in [-0.15, -0.1) is 0 Å². The van der Waals surface area contributed by atoms with Gasteiger partial charge in [-0.1, -0.05) is 5.11 Å². The van der Waals surface area contributed by atoms with Crippen LogP contribution in [0.3, 0.4) is 0 Å². The topological polar surface area (TPSA) is 122 Å². The predicted molar refractivity (Wildman–Crippen MR) is 64.1 cm³/mol. The Labute approximate surface area is 111 Å². The Morgan fingerprint density at radius 3 is 3.20 bits per heavy atom. The van der Waals surface area contributed by atoms with Crippen LogP contribution in [0.15, 0.2) is 24.0 Å². The number of nitrogens with zero attached hydrogens (tertiary/aromatic N) is 7. The van der Waals surface area contributed by atoms with Crippen molar-refractivity contribution in [1.82, 2.24) is 19.5 Å². The van der Waals surface area contributed by atoms with Crippen molar-refractivity contribution in [3.63, 3.8) is 0 Å². The maximum Gasteiger partial charge on any atom is 0.173 e. The second-order valence-electron chi connectivity index (χ2n) is 4.30. The van der Waals surface area contributed by atoms with Crippen molar-refractivity contribution in [2.45, 2.75) is 24.6 Å². The summed E-state index contributed by atoms with van der Waals surface area (Å²) in [6.45, 7) is -0.143. The average molecular weight is 279 g/mol. The molecule has 9 nitrogen and oxygen atoms in total. The Morgan fingerprint density at radius 2 is 2.40 bits per heavy atom. The lowest BCUT2D eigenvalue weighted by atomic mass is 10.1. The minimum absolute atomic E-state index is 0.143. The maximum absolute atomic E-state index is 14.1. The van der Waals surface area contributed by atoms with Crippen LogP contribution in [0.2, 0.25) is 0 Å². The molecule has 0 aliphatic carbocycles. The van der Waals surface area contributed by atoms with Gasteiger partial charge in [0.25, 0.3) is 0 Å². The molecule has 2 aromatic heterocycles. The van der Waals surface area contributed by atoms with Crippen LogP contribution in [0.1, 0.15) is 6.23 Å². The number of hydrogen-bond acceptors (Lipinski definition) is 6. The van der Waals surface area contributed by atoms with Crippen molar-refractivity contribution in [3.8, 4) is 0 Å². The van der Waals surface area contributed by atoms with E-state index in [1.165, 1.54) is 23.4 Å². The van der Waals surface area contributed by atoms with E-state index in [0.717, 1.165) is 0 Å². The molecule has 0 saturated carbocycles. The van der Waals surface area contributed by atoms with E-state index in [-0.39, 0.29) is 6.54 Å². The first kappa shape index (κ1) is 12.7. The van der Waals surface area contributed by atoms with Crippen molar-refractivity contribution >= 4 is 11.2 Å². The molecule has 20 heavy (non-hydrogen) atoms. The lowest BCUT2D eigenvalue weighted by molar-refractivity contribution is -0.0179. The number of aromatic nitrogens is 4. The van der Waals surface area contributed by atoms with Crippen molar-refractivity contribution in [1.29, 1.82) is 0 Å². The van der Waals surface area contributed by atoms with E-state index in [1.807, 2.05) is 0 Å². The van der Waals surface area contributed by atoms with E-state index in [9.17, 15) is 9.50 Å². The molecule has 1 aliphatic rings. The molecule has 1 saturated heterocycles. The summed E-state index contributed by atoms with van der Waals surface area (Å²) in [7, 11) is 0. The largest absolute Gasteiger partial charge is 0.387 e. The van der Waals surface area contributed by atoms with E-state index < -0.39 is 24.6 Å². The van der Waals surface area contributed by atoms with Gasteiger partial charge in [0.15, 0.2) is 18.0 Å². The summed E-state index contributed by atoms with van der Waals surface area (Å²) in [4.78, 5) is 14.4. The molecule has 0 bridgehead atoms. The standard InChI is InChI=1S/C10H10FN7O2/c11-7-8(19)6(2-16-17-12)20-10(7)18-4-15-5-1-13-3-14-9(5)18/h1,3-4,6-8,10,19H,2H2/t6-,7-,8-,10-/m1/s1. The number of ether oxygens (including phenoxy) is 1. The first-order valence-electron chi connectivity index (χ1n) is 5.83. The zero-order chi connectivity index (χ0) is 14.1. The normalized spacial score (nSPS) is 29.5. The quantitative estimate of drug-likeness (QED) is 0.504. The summed E-state index contributed by atoms with van der Waals surface area (Å²) < 4.78 is 21.0. The predicted octanol–water partition coefficient (Wildman–Crippen LogP) is 0.733. The second kappa shape index (κ2) is 5.00. The molecule has 0 spiro atoms. The van der Waals surface area contributed by atoms with Crippen molar-refractivity contribution in [2.24, 2.45) is 5.11 Å². The Balaban J connectivity index is 1.92. The summed E-state index contributed by atoms with van der Waals surface area (Å²) >= 11 is 0. The maximum atomic E-state index is 14.1. The highest BCUT2D eigenvalue weighted by Crippen LogP contribution is 2.33. The molecule has 10 heteroatoms. The van der Waals surface area contributed by atoms with Crippen LogP contribution < -0.4 is 0 Å².